The van der Waals surface area contributed by atoms with E-state index in [1.807, 2.05) is 0 Å². The molecule has 0 atom stereocenters. The number of hydrogen-bond acceptors (Lipinski definition) is 3. The minimum Gasteiger partial charge on any atom is -0.399 e. The zero-order valence-corrected chi connectivity index (χ0v) is 20.2. The van der Waals surface area contributed by atoms with Crippen molar-refractivity contribution in [1.82, 2.24) is 0 Å². The van der Waals surface area contributed by atoms with Gasteiger partial charge in [0.2, 0.25) is 0 Å². The molecule has 0 aliphatic carbocycles. The summed E-state index contributed by atoms with van der Waals surface area (Å²) in [6, 6.07) is 6.50. The highest BCUT2D eigenvalue weighted by Gasteiger charge is 2.03. The molecule has 28 heavy (non-hydrogen) atoms. The van der Waals surface area contributed by atoms with E-state index in [9.17, 15) is 0 Å². The number of aliphatic hydroxyl groups excluding tert-OH is 1. The van der Waals surface area contributed by atoms with Gasteiger partial charge in [0.15, 0.2) is 0 Å². The second-order valence-corrected chi connectivity index (χ2v) is 9.36. The third-order valence-electron chi connectivity index (χ3n) is 3.97. The number of methoxy groups -OCH3 is 1. The van der Waals surface area contributed by atoms with Crippen LogP contribution in [0.15, 0.2) is 18.2 Å². The summed E-state index contributed by atoms with van der Waals surface area (Å²) in [4.78, 5) is 0. The molecule has 0 unspecified atom stereocenters. The van der Waals surface area contributed by atoms with E-state index in [2.05, 4.69) is 73.6 Å². The first kappa shape index (κ1) is 29.1. The van der Waals surface area contributed by atoms with Crippen molar-refractivity contribution < 1.29 is 9.84 Å². The number of benzene rings is 1. The van der Waals surface area contributed by atoms with Gasteiger partial charge in [0, 0.05) is 26.0 Å². The highest BCUT2D eigenvalue weighted by atomic mass is 16.5. The molecule has 0 spiro atoms. The molecule has 0 aliphatic rings. The minimum absolute atomic E-state index is 0.331. The SMILES string of the molecule is CC(C)CCO.CC(C)Cc1cc(N)cc(CC(C)C)c1.COCCC(C)C. The van der Waals surface area contributed by atoms with Crippen molar-refractivity contribution in [3.8, 4) is 0 Å². The fourth-order valence-electron chi connectivity index (χ4n) is 2.58. The van der Waals surface area contributed by atoms with Crippen LogP contribution in [0.4, 0.5) is 5.69 Å². The van der Waals surface area contributed by atoms with Gasteiger partial charge in [0.1, 0.15) is 0 Å². The van der Waals surface area contributed by atoms with E-state index in [0.717, 1.165) is 37.5 Å². The Kier molecular flexibility index (Phi) is 18.7. The Balaban J connectivity index is 0. The number of nitrogens with two attached hydrogens (primary N) is 1. The Hall–Kier alpha value is -1.06. The van der Waals surface area contributed by atoms with E-state index in [0.29, 0.717) is 24.4 Å². The van der Waals surface area contributed by atoms with E-state index in [4.69, 9.17) is 15.6 Å². The monoisotopic (exact) mass is 395 g/mol. The molecular formula is C25H49NO2. The number of hydrogen-bond donors (Lipinski definition) is 2. The lowest BCUT2D eigenvalue weighted by Crippen LogP contribution is -2.00. The third-order valence-corrected chi connectivity index (χ3v) is 3.97. The predicted octanol–water partition coefficient (Wildman–Crippen LogP) is 6.37. The summed E-state index contributed by atoms with van der Waals surface area (Å²) >= 11 is 0. The molecule has 1 aromatic rings. The van der Waals surface area contributed by atoms with Crippen molar-refractivity contribution >= 4 is 5.69 Å². The maximum absolute atomic E-state index is 8.24. The summed E-state index contributed by atoms with van der Waals surface area (Å²) < 4.78 is 4.85. The molecule has 3 nitrogen and oxygen atoms in total. The largest absolute Gasteiger partial charge is 0.399 e. The first-order valence-corrected chi connectivity index (χ1v) is 11.0. The van der Waals surface area contributed by atoms with Crippen molar-refractivity contribution in [2.45, 2.75) is 81.1 Å². The third kappa shape index (κ3) is 21.2. The lowest BCUT2D eigenvalue weighted by Gasteiger charge is -2.11. The zero-order valence-electron chi connectivity index (χ0n) is 20.2. The second kappa shape index (κ2) is 18.0. The Morgan fingerprint density at radius 1 is 0.750 bits per heavy atom. The Morgan fingerprint density at radius 3 is 1.39 bits per heavy atom. The van der Waals surface area contributed by atoms with Gasteiger partial charge in [-0.3, -0.25) is 0 Å². The molecule has 0 saturated heterocycles. The van der Waals surface area contributed by atoms with E-state index in [-0.39, 0.29) is 0 Å². The van der Waals surface area contributed by atoms with E-state index >= 15 is 0 Å². The molecule has 3 heteroatoms. The fourth-order valence-corrected chi connectivity index (χ4v) is 2.58. The van der Waals surface area contributed by atoms with Crippen molar-refractivity contribution in [2.24, 2.45) is 23.7 Å². The van der Waals surface area contributed by atoms with Gasteiger partial charge in [-0.2, -0.15) is 0 Å². The molecule has 0 aromatic heterocycles. The summed E-state index contributed by atoms with van der Waals surface area (Å²) in [5, 5.41) is 8.24. The zero-order chi connectivity index (χ0) is 22.1. The molecule has 0 heterocycles. The van der Waals surface area contributed by atoms with Crippen LogP contribution in [0.5, 0.6) is 0 Å². The van der Waals surface area contributed by atoms with Gasteiger partial charge in [-0.1, -0.05) is 61.5 Å². The summed E-state index contributed by atoms with van der Waals surface area (Å²) in [7, 11) is 1.74. The smallest absolute Gasteiger partial charge is 0.0464 e. The molecule has 0 fully saturated rings. The minimum atomic E-state index is 0.331. The maximum atomic E-state index is 8.24. The lowest BCUT2D eigenvalue weighted by atomic mass is 9.96. The van der Waals surface area contributed by atoms with Gasteiger partial charge in [-0.15, -0.1) is 0 Å². The van der Waals surface area contributed by atoms with Gasteiger partial charge >= 0.3 is 0 Å². The van der Waals surface area contributed by atoms with Crippen LogP contribution < -0.4 is 5.73 Å². The van der Waals surface area contributed by atoms with Gasteiger partial charge in [-0.05, 0) is 72.6 Å². The molecule has 0 bridgehead atoms. The van der Waals surface area contributed by atoms with E-state index in [1.165, 1.54) is 17.5 Å². The topological polar surface area (TPSA) is 55.5 Å². The van der Waals surface area contributed by atoms with Crippen molar-refractivity contribution in [3.05, 3.63) is 29.3 Å². The molecule has 0 amide bonds. The average molecular weight is 396 g/mol. The molecule has 166 valence electrons. The van der Waals surface area contributed by atoms with Crippen LogP contribution in [0.25, 0.3) is 0 Å². The average Bonchev–Trinajstić information content (AvgIpc) is 2.52. The number of aliphatic hydroxyl groups is 1. The summed E-state index contributed by atoms with van der Waals surface area (Å²) in [6.45, 7) is 18.8. The van der Waals surface area contributed by atoms with Gasteiger partial charge in [-0.25, -0.2) is 0 Å². The van der Waals surface area contributed by atoms with Crippen LogP contribution in [-0.2, 0) is 17.6 Å². The van der Waals surface area contributed by atoms with Gasteiger partial charge < -0.3 is 15.6 Å². The van der Waals surface area contributed by atoms with Crippen LogP contribution in [-0.4, -0.2) is 25.4 Å². The van der Waals surface area contributed by atoms with Gasteiger partial charge in [0.25, 0.3) is 0 Å². The number of rotatable bonds is 9. The van der Waals surface area contributed by atoms with Crippen molar-refractivity contribution in [2.75, 3.05) is 26.1 Å². The highest BCUT2D eigenvalue weighted by molar-refractivity contribution is 5.45. The standard InChI is InChI=1S/C14H23N.C6H14O.C5H12O/c1-10(2)5-12-7-13(6-11(3)4)9-14(15)8-12;1-6(2)4-5-7-3;1-5(2)3-4-6/h7-11H,5-6,15H2,1-4H3;6H,4-5H2,1-3H3;5-6H,3-4H2,1-2H3. The maximum Gasteiger partial charge on any atom is 0.0464 e. The molecule has 0 saturated carbocycles. The van der Waals surface area contributed by atoms with Gasteiger partial charge in [0.05, 0.1) is 0 Å². The van der Waals surface area contributed by atoms with Crippen LogP contribution in [0.3, 0.4) is 0 Å². The first-order valence-electron chi connectivity index (χ1n) is 11.0. The lowest BCUT2D eigenvalue weighted by molar-refractivity contribution is 0.183. The quantitative estimate of drug-likeness (QED) is 0.478. The Labute approximate surface area is 176 Å². The first-order chi connectivity index (χ1) is 13.0. The molecule has 0 aliphatic heterocycles. The van der Waals surface area contributed by atoms with Crippen LogP contribution in [0.1, 0.15) is 79.4 Å². The predicted molar refractivity (Wildman–Crippen MR) is 126 cm³/mol. The van der Waals surface area contributed by atoms with E-state index < -0.39 is 0 Å². The highest BCUT2D eigenvalue weighted by Crippen LogP contribution is 2.18. The number of anilines is 1. The van der Waals surface area contributed by atoms with Crippen molar-refractivity contribution in [1.29, 1.82) is 0 Å². The van der Waals surface area contributed by atoms with Crippen LogP contribution >= 0.6 is 0 Å². The summed E-state index contributed by atoms with van der Waals surface area (Å²) in [6.07, 6.45) is 4.35. The normalized spacial score (nSPS) is 10.8. The molecule has 0 radical (unpaired) electrons. The molecular weight excluding hydrogens is 346 g/mol. The number of ether oxygens (including phenoxy) is 1. The fraction of sp³-hybridized carbons (Fsp3) is 0.760. The molecule has 1 rings (SSSR count). The van der Waals surface area contributed by atoms with E-state index in [1.54, 1.807) is 7.11 Å². The Bertz CT molecular complexity index is 439. The Morgan fingerprint density at radius 2 is 1.18 bits per heavy atom. The summed E-state index contributed by atoms with van der Waals surface area (Å²) in [5.74, 6) is 2.81. The molecule has 1 aromatic carbocycles. The van der Waals surface area contributed by atoms with Crippen LogP contribution in [0.2, 0.25) is 0 Å². The molecule has 3 N–H and O–H groups in total. The second-order valence-electron chi connectivity index (χ2n) is 9.36. The number of nitrogen functional groups attached to an aromatic ring is 1. The summed E-state index contributed by atoms with van der Waals surface area (Å²) in [5.41, 5.74) is 9.57. The van der Waals surface area contributed by atoms with Crippen LogP contribution in [0, 0.1) is 23.7 Å². The van der Waals surface area contributed by atoms with Crippen molar-refractivity contribution in [3.63, 3.8) is 0 Å².